The molecular formula is C16H24N2O2. The number of nitrogens with zero attached hydrogens (tertiary/aromatic N) is 2. The van der Waals surface area contributed by atoms with Crippen LogP contribution >= 0.6 is 0 Å². The Bertz CT molecular complexity index is 418. The number of rotatable bonds is 9. The highest BCUT2D eigenvalue weighted by Crippen LogP contribution is 2.13. The molecular weight excluding hydrogens is 252 g/mol. The quantitative estimate of drug-likeness (QED) is 0.650. The van der Waals surface area contributed by atoms with E-state index in [1.54, 1.807) is 25.6 Å². The summed E-state index contributed by atoms with van der Waals surface area (Å²) in [5.74, 6) is 1.13. The highest BCUT2D eigenvalue weighted by Gasteiger charge is 2.07. The first-order valence-electron chi connectivity index (χ1n) is 6.82. The zero-order valence-corrected chi connectivity index (χ0v) is 12.6. The van der Waals surface area contributed by atoms with E-state index in [4.69, 9.17) is 9.47 Å². The average molecular weight is 276 g/mol. The maximum absolute atomic E-state index is 5.60. The molecule has 4 nitrogen and oxygen atoms in total. The Morgan fingerprint density at radius 1 is 1.40 bits per heavy atom. The molecule has 0 aliphatic heterocycles. The number of hydrogen-bond donors (Lipinski definition) is 0. The molecule has 20 heavy (non-hydrogen) atoms. The molecule has 0 bridgehead atoms. The highest BCUT2D eigenvalue weighted by atomic mass is 16.5. The van der Waals surface area contributed by atoms with E-state index in [1.807, 2.05) is 6.08 Å². The van der Waals surface area contributed by atoms with E-state index in [1.165, 1.54) is 5.57 Å². The van der Waals surface area contributed by atoms with Crippen molar-refractivity contribution in [3.8, 4) is 0 Å². The van der Waals surface area contributed by atoms with Crippen molar-refractivity contribution >= 4 is 0 Å². The van der Waals surface area contributed by atoms with Gasteiger partial charge in [0, 0.05) is 19.5 Å². The van der Waals surface area contributed by atoms with Crippen molar-refractivity contribution in [2.75, 3.05) is 13.7 Å². The third-order valence-electron chi connectivity index (χ3n) is 2.92. The normalized spacial score (nSPS) is 14.8. The maximum Gasteiger partial charge on any atom is 0.153 e. The van der Waals surface area contributed by atoms with Crippen LogP contribution in [0.1, 0.15) is 26.1 Å². The Morgan fingerprint density at radius 3 is 2.70 bits per heavy atom. The second kappa shape index (κ2) is 9.39. The second-order valence-corrected chi connectivity index (χ2v) is 4.89. The van der Waals surface area contributed by atoms with Gasteiger partial charge in [0.25, 0.3) is 0 Å². The summed E-state index contributed by atoms with van der Waals surface area (Å²) in [6.07, 6.45) is 8.52. The average Bonchev–Trinajstić information content (AvgIpc) is 2.45. The molecule has 0 saturated carbocycles. The van der Waals surface area contributed by atoms with Crippen LogP contribution in [0.2, 0.25) is 0 Å². The Hall–Kier alpha value is -1.52. The standard InChI is InChI=1S/C16H24N2O2/c1-5-15(19-4)10-13(2)9-14(3)11-20-12-16-17-7-6-8-18-16/h5-9,13,15H,1,10-12H2,2-4H3/b14-9-/t13-,15+/m1/s1. The largest absolute Gasteiger partial charge is 0.377 e. The summed E-state index contributed by atoms with van der Waals surface area (Å²) in [6.45, 7) is 9.03. The van der Waals surface area contributed by atoms with E-state index in [0.29, 0.717) is 25.0 Å². The summed E-state index contributed by atoms with van der Waals surface area (Å²) in [5.41, 5.74) is 1.20. The Kier molecular flexibility index (Phi) is 7.77. The van der Waals surface area contributed by atoms with Crippen LogP contribution in [0.25, 0.3) is 0 Å². The minimum atomic E-state index is 0.104. The van der Waals surface area contributed by atoms with Gasteiger partial charge in [0.15, 0.2) is 5.82 Å². The van der Waals surface area contributed by atoms with Crippen LogP contribution in [0, 0.1) is 5.92 Å². The predicted molar refractivity (Wildman–Crippen MR) is 80.2 cm³/mol. The third kappa shape index (κ3) is 6.59. The first-order chi connectivity index (χ1) is 9.65. The van der Waals surface area contributed by atoms with E-state index < -0.39 is 0 Å². The van der Waals surface area contributed by atoms with Gasteiger partial charge in [-0.3, -0.25) is 0 Å². The van der Waals surface area contributed by atoms with Gasteiger partial charge in [0.1, 0.15) is 6.61 Å². The van der Waals surface area contributed by atoms with E-state index >= 15 is 0 Å². The van der Waals surface area contributed by atoms with Gasteiger partial charge in [-0.2, -0.15) is 0 Å². The Labute approximate surface area is 121 Å². The molecule has 0 spiro atoms. The molecule has 0 fully saturated rings. The molecule has 1 aromatic heterocycles. The highest BCUT2D eigenvalue weighted by molar-refractivity contribution is 5.02. The summed E-state index contributed by atoms with van der Waals surface area (Å²) in [6, 6.07) is 1.79. The fraction of sp³-hybridized carbons (Fsp3) is 0.500. The molecule has 0 N–H and O–H groups in total. The zero-order chi connectivity index (χ0) is 14.8. The molecule has 2 atom stereocenters. The minimum absolute atomic E-state index is 0.104. The fourth-order valence-corrected chi connectivity index (χ4v) is 1.96. The maximum atomic E-state index is 5.60. The van der Waals surface area contributed by atoms with Crippen molar-refractivity contribution in [1.29, 1.82) is 0 Å². The summed E-state index contributed by atoms with van der Waals surface area (Å²) in [7, 11) is 1.71. The summed E-state index contributed by atoms with van der Waals surface area (Å²) >= 11 is 0. The molecule has 0 aliphatic carbocycles. The van der Waals surface area contributed by atoms with Crippen LogP contribution in [0.5, 0.6) is 0 Å². The van der Waals surface area contributed by atoms with Crippen molar-refractivity contribution < 1.29 is 9.47 Å². The van der Waals surface area contributed by atoms with Gasteiger partial charge in [-0.05, 0) is 25.3 Å². The zero-order valence-electron chi connectivity index (χ0n) is 12.6. The first-order valence-corrected chi connectivity index (χ1v) is 6.82. The second-order valence-electron chi connectivity index (χ2n) is 4.89. The van der Waals surface area contributed by atoms with Crippen LogP contribution in [0.3, 0.4) is 0 Å². The van der Waals surface area contributed by atoms with Crippen molar-refractivity contribution in [3.05, 3.63) is 48.6 Å². The molecule has 0 aromatic carbocycles. The van der Waals surface area contributed by atoms with Gasteiger partial charge < -0.3 is 9.47 Å². The third-order valence-corrected chi connectivity index (χ3v) is 2.92. The number of allylic oxidation sites excluding steroid dienone is 1. The minimum Gasteiger partial charge on any atom is -0.377 e. The number of hydrogen-bond acceptors (Lipinski definition) is 4. The van der Waals surface area contributed by atoms with Crippen molar-refractivity contribution in [2.45, 2.75) is 33.0 Å². The summed E-state index contributed by atoms with van der Waals surface area (Å²) < 4.78 is 10.9. The van der Waals surface area contributed by atoms with Gasteiger partial charge in [-0.1, -0.05) is 24.6 Å². The van der Waals surface area contributed by atoms with Crippen LogP contribution in [-0.2, 0) is 16.1 Å². The monoisotopic (exact) mass is 276 g/mol. The van der Waals surface area contributed by atoms with Crippen LogP contribution in [-0.4, -0.2) is 29.8 Å². The molecule has 1 rings (SSSR count). The lowest BCUT2D eigenvalue weighted by Gasteiger charge is -2.14. The smallest absolute Gasteiger partial charge is 0.153 e. The Balaban J connectivity index is 2.32. The molecule has 0 aliphatic rings. The first kappa shape index (κ1) is 16.5. The van der Waals surface area contributed by atoms with E-state index in [9.17, 15) is 0 Å². The topological polar surface area (TPSA) is 44.2 Å². The molecule has 0 saturated heterocycles. The molecule has 4 heteroatoms. The van der Waals surface area contributed by atoms with Crippen LogP contribution in [0.4, 0.5) is 0 Å². The predicted octanol–water partition coefficient (Wildman–Crippen LogP) is 3.17. The molecule has 110 valence electrons. The van der Waals surface area contributed by atoms with E-state index in [0.717, 1.165) is 6.42 Å². The molecule has 0 radical (unpaired) electrons. The molecule has 0 amide bonds. The number of methoxy groups -OCH3 is 1. The van der Waals surface area contributed by atoms with Gasteiger partial charge in [0.2, 0.25) is 0 Å². The number of ether oxygens (including phenoxy) is 2. The van der Waals surface area contributed by atoms with Gasteiger partial charge in [-0.15, -0.1) is 6.58 Å². The van der Waals surface area contributed by atoms with Crippen molar-refractivity contribution in [3.63, 3.8) is 0 Å². The Morgan fingerprint density at radius 2 is 2.10 bits per heavy atom. The lowest BCUT2D eigenvalue weighted by atomic mass is 10.0. The van der Waals surface area contributed by atoms with Gasteiger partial charge in [-0.25, -0.2) is 9.97 Å². The SMILES string of the molecule is C=C[C@@H](C[C@H](C)/C=C(/C)COCc1ncccn1)OC. The van der Waals surface area contributed by atoms with Crippen molar-refractivity contribution in [2.24, 2.45) is 5.92 Å². The van der Waals surface area contributed by atoms with Crippen LogP contribution in [0.15, 0.2) is 42.8 Å². The van der Waals surface area contributed by atoms with Crippen molar-refractivity contribution in [1.82, 2.24) is 9.97 Å². The lowest BCUT2D eigenvalue weighted by Crippen LogP contribution is -2.11. The molecule has 0 unspecified atom stereocenters. The number of aromatic nitrogens is 2. The summed E-state index contributed by atoms with van der Waals surface area (Å²) in [5, 5.41) is 0. The van der Waals surface area contributed by atoms with Gasteiger partial charge in [0.05, 0.1) is 12.7 Å². The molecule has 1 aromatic rings. The van der Waals surface area contributed by atoms with Gasteiger partial charge >= 0.3 is 0 Å². The van der Waals surface area contributed by atoms with Crippen LogP contribution < -0.4 is 0 Å². The summed E-state index contributed by atoms with van der Waals surface area (Å²) in [4.78, 5) is 8.23. The molecule has 1 heterocycles. The lowest BCUT2D eigenvalue weighted by molar-refractivity contribution is 0.124. The van der Waals surface area contributed by atoms with E-state index in [-0.39, 0.29) is 6.10 Å². The fourth-order valence-electron chi connectivity index (χ4n) is 1.96. The van der Waals surface area contributed by atoms with E-state index in [2.05, 4.69) is 36.5 Å².